The third-order valence-electron chi connectivity index (χ3n) is 4.16. The van der Waals surface area contributed by atoms with Crippen molar-refractivity contribution in [3.05, 3.63) is 64.2 Å². The molecule has 0 saturated heterocycles. The summed E-state index contributed by atoms with van der Waals surface area (Å²) in [5.74, 6) is -2.71. The zero-order valence-corrected chi connectivity index (χ0v) is 15.7. The van der Waals surface area contributed by atoms with Crippen molar-refractivity contribution in [2.45, 2.75) is 6.42 Å². The third-order valence-corrected chi connectivity index (χ3v) is 4.40. The van der Waals surface area contributed by atoms with Crippen LogP contribution in [0, 0.1) is 11.3 Å². The molecule has 1 aliphatic rings. The lowest BCUT2D eigenvalue weighted by Gasteiger charge is -2.25. The van der Waals surface area contributed by atoms with Gasteiger partial charge in [-0.15, -0.1) is 0 Å². The summed E-state index contributed by atoms with van der Waals surface area (Å²) in [4.78, 5) is 49.4. The molecule has 29 heavy (non-hydrogen) atoms. The van der Waals surface area contributed by atoms with Gasteiger partial charge in [0.1, 0.15) is 12.6 Å². The second-order valence-electron chi connectivity index (χ2n) is 6.13. The summed E-state index contributed by atoms with van der Waals surface area (Å²) in [6.45, 7) is -1.25. The molecule has 0 radical (unpaired) electrons. The van der Waals surface area contributed by atoms with Gasteiger partial charge in [-0.3, -0.25) is 24.1 Å². The molecule has 1 heterocycles. The number of benzene rings is 2. The summed E-state index contributed by atoms with van der Waals surface area (Å²) in [6, 6.07) is 12.9. The molecular weight excluding hydrogens is 398 g/mol. The van der Waals surface area contributed by atoms with Gasteiger partial charge in [-0.2, -0.15) is 5.26 Å². The highest BCUT2D eigenvalue weighted by Gasteiger charge is 2.32. The number of hydrogen-bond donors (Lipinski definition) is 1. The molecule has 0 aromatic heterocycles. The molecule has 2 aromatic carbocycles. The highest BCUT2D eigenvalue weighted by atomic mass is 35.5. The Hall–Kier alpha value is -3.70. The molecule has 1 N–H and O–H groups in total. The minimum atomic E-state index is -0.909. The molecule has 0 saturated carbocycles. The maximum absolute atomic E-state index is 12.4. The summed E-state index contributed by atoms with van der Waals surface area (Å²) >= 11 is 5.84. The molecule has 0 unspecified atom stereocenters. The number of nitrogens with zero attached hydrogens (tertiary/aromatic N) is 2. The van der Waals surface area contributed by atoms with Gasteiger partial charge >= 0.3 is 5.97 Å². The van der Waals surface area contributed by atoms with E-state index >= 15 is 0 Å². The first-order valence-electron chi connectivity index (χ1n) is 8.46. The van der Waals surface area contributed by atoms with Gasteiger partial charge < -0.3 is 10.1 Å². The Balaban J connectivity index is 1.57. The number of carbonyl (C=O) groups is 4. The van der Waals surface area contributed by atoms with Crippen LogP contribution in [0.15, 0.2) is 42.5 Å². The van der Waals surface area contributed by atoms with Crippen LogP contribution in [-0.2, 0) is 25.5 Å². The normalized spacial score (nSPS) is 12.8. The quantitative estimate of drug-likeness (QED) is 0.593. The SMILES string of the molecule is N#Cc1ccc(Cl)cc1NC(=O)COC(=O)CN1C(=O)Cc2ccccc2C1=O. The van der Waals surface area contributed by atoms with Gasteiger partial charge in [0.15, 0.2) is 6.61 Å². The number of imide groups is 1. The van der Waals surface area contributed by atoms with Crippen molar-refractivity contribution in [2.75, 3.05) is 18.5 Å². The number of rotatable bonds is 5. The molecule has 2 aromatic rings. The number of ether oxygens (including phenoxy) is 1. The van der Waals surface area contributed by atoms with Crippen molar-refractivity contribution in [3.8, 4) is 6.07 Å². The Morgan fingerprint density at radius 1 is 1.21 bits per heavy atom. The zero-order valence-electron chi connectivity index (χ0n) is 15.0. The van der Waals surface area contributed by atoms with Crippen LogP contribution < -0.4 is 5.32 Å². The van der Waals surface area contributed by atoms with Crippen LogP contribution >= 0.6 is 11.6 Å². The fourth-order valence-corrected chi connectivity index (χ4v) is 2.96. The molecule has 146 valence electrons. The Kier molecular flexibility index (Phi) is 5.90. The van der Waals surface area contributed by atoms with Crippen LogP contribution in [0.5, 0.6) is 0 Å². The predicted octanol–water partition coefficient (Wildman–Crippen LogP) is 1.92. The van der Waals surface area contributed by atoms with Gasteiger partial charge in [0.2, 0.25) is 5.91 Å². The molecule has 9 heteroatoms. The first kappa shape index (κ1) is 20.0. The lowest BCUT2D eigenvalue weighted by molar-refractivity contribution is -0.150. The number of esters is 1. The highest BCUT2D eigenvalue weighted by molar-refractivity contribution is 6.31. The number of anilines is 1. The van der Waals surface area contributed by atoms with Crippen molar-refractivity contribution < 1.29 is 23.9 Å². The molecule has 0 fully saturated rings. The van der Waals surface area contributed by atoms with Crippen LogP contribution in [0.1, 0.15) is 21.5 Å². The Morgan fingerprint density at radius 2 is 1.97 bits per heavy atom. The Morgan fingerprint density at radius 3 is 2.72 bits per heavy atom. The minimum absolute atomic E-state index is 0.00137. The highest BCUT2D eigenvalue weighted by Crippen LogP contribution is 2.21. The van der Waals surface area contributed by atoms with E-state index in [2.05, 4.69) is 5.32 Å². The summed E-state index contributed by atoms with van der Waals surface area (Å²) in [6.07, 6.45) is 0.00137. The smallest absolute Gasteiger partial charge is 0.326 e. The molecular formula is C20H14ClN3O5. The standard InChI is InChI=1S/C20H14ClN3O5/c21-14-6-5-13(9-22)16(8-14)23-17(25)11-29-19(27)10-24-18(26)7-12-3-1-2-4-15(12)20(24)28/h1-6,8H,7,10-11H2,(H,23,25). The molecule has 3 amide bonds. The van der Waals surface area contributed by atoms with E-state index in [0.29, 0.717) is 16.1 Å². The van der Waals surface area contributed by atoms with Gasteiger partial charge in [-0.25, -0.2) is 0 Å². The minimum Gasteiger partial charge on any atom is -0.454 e. The van der Waals surface area contributed by atoms with Crippen LogP contribution in [-0.4, -0.2) is 41.7 Å². The van der Waals surface area contributed by atoms with E-state index in [0.717, 1.165) is 4.90 Å². The number of amides is 3. The van der Waals surface area contributed by atoms with E-state index in [4.69, 9.17) is 21.6 Å². The summed E-state index contributed by atoms with van der Waals surface area (Å²) in [7, 11) is 0. The number of nitrogens with one attached hydrogen (secondary N) is 1. The molecule has 0 spiro atoms. The monoisotopic (exact) mass is 411 g/mol. The van der Waals surface area contributed by atoms with E-state index in [1.54, 1.807) is 24.3 Å². The molecule has 8 nitrogen and oxygen atoms in total. The van der Waals surface area contributed by atoms with Crippen LogP contribution in [0.2, 0.25) is 5.02 Å². The Labute approximate surface area is 170 Å². The number of hydrogen-bond acceptors (Lipinski definition) is 6. The maximum Gasteiger partial charge on any atom is 0.326 e. The average Bonchev–Trinajstić information content (AvgIpc) is 2.70. The average molecular weight is 412 g/mol. The van der Waals surface area contributed by atoms with E-state index in [9.17, 15) is 19.2 Å². The number of halogens is 1. The van der Waals surface area contributed by atoms with Crippen molar-refractivity contribution >= 4 is 41.0 Å². The predicted molar refractivity (Wildman–Crippen MR) is 102 cm³/mol. The van der Waals surface area contributed by atoms with E-state index in [1.807, 2.05) is 6.07 Å². The maximum atomic E-state index is 12.4. The van der Waals surface area contributed by atoms with Gasteiger partial charge in [0, 0.05) is 10.6 Å². The van der Waals surface area contributed by atoms with Crippen LogP contribution in [0.4, 0.5) is 5.69 Å². The topological polar surface area (TPSA) is 117 Å². The molecule has 0 atom stereocenters. The van der Waals surface area contributed by atoms with Gasteiger partial charge in [0.25, 0.3) is 11.8 Å². The molecule has 3 rings (SSSR count). The molecule has 0 bridgehead atoms. The van der Waals surface area contributed by atoms with Gasteiger partial charge in [-0.1, -0.05) is 29.8 Å². The van der Waals surface area contributed by atoms with Crippen molar-refractivity contribution in [2.24, 2.45) is 0 Å². The summed E-state index contributed by atoms with van der Waals surface area (Å²) in [5.41, 5.74) is 1.32. The largest absolute Gasteiger partial charge is 0.454 e. The zero-order chi connectivity index (χ0) is 21.0. The van der Waals surface area contributed by atoms with Crippen LogP contribution in [0.3, 0.4) is 0 Å². The second-order valence-corrected chi connectivity index (χ2v) is 6.57. The lowest BCUT2D eigenvalue weighted by Crippen LogP contribution is -2.45. The fourth-order valence-electron chi connectivity index (χ4n) is 2.78. The van der Waals surface area contributed by atoms with Gasteiger partial charge in [0.05, 0.1) is 17.7 Å². The van der Waals surface area contributed by atoms with E-state index in [-0.39, 0.29) is 17.7 Å². The second kappa shape index (κ2) is 8.54. The summed E-state index contributed by atoms with van der Waals surface area (Å²) < 4.78 is 4.85. The van der Waals surface area contributed by atoms with E-state index in [1.165, 1.54) is 18.2 Å². The Bertz CT molecular complexity index is 1060. The molecule has 1 aliphatic heterocycles. The molecule has 0 aliphatic carbocycles. The lowest BCUT2D eigenvalue weighted by atomic mass is 9.98. The van der Waals surface area contributed by atoms with Crippen molar-refractivity contribution in [3.63, 3.8) is 0 Å². The van der Waals surface area contributed by atoms with Gasteiger partial charge in [-0.05, 0) is 29.8 Å². The fraction of sp³-hybridized carbons (Fsp3) is 0.150. The first-order chi connectivity index (χ1) is 13.9. The number of carbonyl (C=O) groups excluding carboxylic acids is 4. The van der Waals surface area contributed by atoms with Crippen LogP contribution in [0.25, 0.3) is 0 Å². The van der Waals surface area contributed by atoms with Crippen molar-refractivity contribution in [1.82, 2.24) is 4.90 Å². The summed E-state index contributed by atoms with van der Waals surface area (Å²) in [5, 5.41) is 11.8. The van der Waals surface area contributed by atoms with Crippen molar-refractivity contribution in [1.29, 1.82) is 5.26 Å². The third kappa shape index (κ3) is 4.59. The number of nitriles is 1. The first-order valence-corrected chi connectivity index (χ1v) is 8.84. The van der Waals surface area contributed by atoms with E-state index < -0.39 is 36.8 Å². The number of fused-ring (bicyclic) bond motifs is 1.